The van der Waals surface area contributed by atoms with Gasteiger partial charge in [-0.3, -0.25) is 9.98 Å². The van der Waals surface area contributed by atoms with Crippen molar-refractivity contribution in [3.8, 4) is 0 Å². The lowest BCUT2D eigenvalue weighted by Crippen LogP contribution is -2.10. The largest absolute Gasteiger partial charge is 0.433 e. The molecule has 0 spiro atoms. The second kappa shape index (κ2) is 8.51. The van der Waals surface area contributed by atoms with Crippen molar-refractivity contribution in [3.05, 3.63) is 71.6 Å². The topological polar surface area (TPSA) is 25.2 Å². The minimum absolute atomic E-state index is 0.273. The maximum Gasteiger partial charge on any atom is 0.433 e. The zero-order valence-electron chi connectivity index (χ0n) is 15.3. The van der Waals surface area contributed by atoms with Crippen molar-refractivity contribution in [2.45, 2.75) is 32.4 Å². The molecule has 0 aromatic carbocycles. The van der Waals surface area contributed by atoms with E-state index in [1.54, 1.807) is 6.21 Å². The highest BCUT2D eigenvalue weighted by molar-refractivity contribution is 6.10. The van der Waals surface area contributed by atoms with Crippen LogP contribution in [0, 0.1) is 11.8 Å². The zero-order valence-corrected chi connectivity index (χ0v) is 15.3. The molecule has 1 aliphatic carbocycles. The molecule has 1 aromatic heterocycles. The van der Waals surface area contributed by atoms with Gasteiger partial charge in [0.1, 0.15) is 5.69 Å². The molecular weight excluding hydrogens is 349 g/mol. The average Bonchev–Trinajstić information content (AvgIpc) is 2.63. The molecule has 0 saturated carbocycles. The summed E-state index contributed by atoms with van der Waals surface area (Å²) in [6.45, 7) is 2.91. The molecule has 0 bridgehead atoms. The number of hydrogen-bond donors (Lipinski definition) is 0. The standard InChI is InChI=1S/C22H23F3N2/c1-16-4-2-6-17(7-3-5-16)8-9-18-12-20(14-26-13-18)19-10-11-21(27-15-19)22(23,24)25/h2-4,6-7,10-12,14-16,18H,5,8-9,13H2,1H3. The lowest BCUT2D eigenvalue weighted by atomic mass is 9.92. The van der Waals surface area contributed by atoms with Crippen molar-refractivity contribution in [1.82, 2.24) is 4.98 Å². The Kier molecular flexibility index (Phi) is 6.09. The SMILES string of the molecule is CC1C=CC=C(CCC2C=C(c3ccc(C(F)(F)F)nc3)C=NC2)C=CC1. The van der Waals surface area contributed by atoms with Gasteiger partial charge in [-0.1, -0.05) is 49.4 Å². The van der Waals surface area contributed by atoms with Crippen LogP contribution in [0.15, 0.2) is 65.4 Å². The summed E-state index contributed by atoms with van der Waals surface area (Å²) in [5.74, 6) is 0.838. The summed E-state index contributed by atoms with van der Waals surface area (Å²) in [7, 11) is 0. The molecule has 5 heteroatoms. The quantitative estimate of drug-likeness (QED) is 0.632. The van der Waals surface area contributed by atoms with E-state index in [1.165, 1.54) is 17.8 Å². The van der Waals surface area contributed by atoms with Crippen molar-refractivity contribution in [1.29, 1.82) is 0 Å². The van der Waals surface area contributed by atoms with Gasteiger partial charge in [0.2, 0.25) is 0 Å². The molecule has 2 heterocycles. The summed E-state index contributed by atoms with van der Waals surface area (Å²) in [5.41, 5.74) is 1.92. The van der Waals surface area contributed by atoms with Gasteiger partial charge in [-0.15, -0.1) is 0 Å². The van der Waals surface area contributed by atoms with Crippen LogP contribution in [-0.2, 0) is 6.18 Å². The zero-order chi connectivity index (χ0) is 19.3. The number of rotatable bonds is 4. The molecule has 2 nitrogen and oxygen atoms in total. The van der Waals surface area contributed by atoms with E-state index in [2.05, 4.69) is 53.4 Å². The van der Waals surface area contributed by atoms with Crippen molar-refractivity contribution in [2.75, 3.05) is 6.54 Å². The predicted octanol–water partition coefficient (Wildman–Crippen LogP) is 6.04. The molecule has 0 saturated heterocycles. The van der Waals surface area contributed by atoms with Gasteiger partial charge in [0.05, 0.1) is 0 Å². The molecular formula is C22H23F3N2. The molecule has 1 aromatic rings. The fourth-order valence-corrected chi connectivity index (χ4v) is 3.17. The van der Waals surface area contributed by atoms with Gasteiger partial charge in [-0.25, -0.2) is 0 Å². The van der Waals surface area contributed by atoms with E-state index in [4.69, 9.17) is 0 Å². The molecule has 0 N–H and O–H groups in total. The van der Waals surface area contributed by atoms with Gasteiger partial charge in [0, 0.05) is 24.5 Å². The highest BCUT2D eigenvalue weighted by atomic mass is 19.4. The van der Waals surface area contributed by atoms with Crippen LogP contribution in [0.1, 0.15) is 37.4 Å². The Balaban J connectivity index is 1.65. The van der Waals surface area contributed by atoms with Crippen molar-refractivity contribution >= 4 is 11.8 Å². The lowest BCUT2D eigenvalue weighted by molar-refractivity contribution is -0.141. The average molecular weight is 372 g/mol. The van der Waals surface area contributed by atoms with Gasteiger partial charge in [0.25, 0.3) is 0 Å². The number of hydrogen-bond acceptors (Lipinski definition) is 2. The summed E-state index contributed by atoms with van der Waals surface area (Å²) in [4.78, 5) is 7.94. The monoisotopic (exact) mass is 372 g/mol. The molecule has 0 radical (unpaired) electrons. The van der Waals surface area contributed by atoms with Crippen LogP contribution < -0.4 is 0 Å². The third kappa shape index (κ3) is 5.52. The van der Waals surface area contributed by atoms with Gasteiger partial charge in [-0.2, -0.15) is 13.2 Å². The molecule has 142 valence electrons. The van der Waals surface area contributed by atoms with Crippen molar-refractivity contribution in [3.63, 3.8) is 0 Å². The Hall–Kier alpha value is -2.43. The summed E-state index contributed by atoms with van der Waals surface area (Å²) in [5, 5.41) is 0. The first kappa shape index (κ1) is 19.3. The predicted molar refractivity (Wildman–Crippen MR) is 103 cm³/mol. The molecule has 2 unspecified atom stereocenters. The number of aromatic nitrogens is 1. The van der Waals surface area contributed by atoms with Crippen LogP contribution in [0.2, 0.25) is 0 Å². The van der Waals surface area contributed by atoms with E-state index in [-0.39, 0.29) is 5.92 Å². The van der Waals surface area contributed by atoms with Crippen LogP contribution in [0.5, 0.6) is 0 Å². The van der Waals surface area contributed by atoms with E-state index in [0.717, 1.165) is 30.9 Å². The number of nitrogens with zero attached hydrogens (tertiary/aromatic N) is 2. The van der Waals surface area contributed by atoms with E-state index in [9.17, 15) is 13.2 Å². The number of alkyl halides is 3. The van der Waals surface area contributed by atoms with Gasteiger partial charge in [0.15, 0.2) is 0 Å². The maximum atomic E-state index is 12.7. The van der Waals surface area contributed by atoms with Crippen LogP contribution in [0.3, 0.4) is 0 Å². The Morgan fingerprint density at radius 1 is 1.22 bits per heavy atom. The number of halogens is 3. The van der Waals surface area contributed by atoms with Crippen molar-refractivity contribution < 1.29 is 13.2 Å². The summed E-state index contributed by atoms with van der Waals surface area (Å²) in [6.07, 6.45) is 14.5. The highest BCUT2D eigenvalue weighted by Crippen LogP contribution is 2.29. The molecule has 2 atom stereocenters. The Labute approximate surface area is 157 Å². The van der Waals surface area contributed by atoms with E-state index >= 15 is 0 Å². The fourth-order valence-electron chi connectivity index (χ4n) is 3.17. The second-order valence-electron chi connectivity index (χ2n) is 7.09. The minimum Gasteiger partial charge on any atom is -0.292 e. The fraction of sp³-hybridized carbons (Fsp3) is 0.364. The third-order valence-electron chi connectivity index (χ3n) is 4.77. The van der Waals surface area contributed by atoms with Crippen LogP contribution in [0.25, 0.3) is 5.57 Å². The number of dihydropyridines is 1. The van der Waals surface area contributed by atoms with Crippen molar-refractivity contribution in [2.24, 2.45) is 16.8 Å². The number of pyridine rings is 1. The van der Waals surface area contributed by atoms with E-state index in [1.807, 2.05) is 0 Å². The number of aliphatic imine (C=N–C) groups is 1. The molecule has 3 rings (SSSR count). The van der Waals surface area contributed by atoms with Crippen LogP contribution in [-0.4, -0.2) is 17.7 Å². The summed E-state index contributed by atoms with van der Waals surface area (Å²) in [6, 6.07) is 2.48. The molecule has 27 heavy (non-hydrogen) atoms. The number of allylic oxidation sites excluding steroid dienone is 7. The second-order valence-corrected chi connectivity index (χ2v) is 7.09. The highest BCUT2D eigenvalue weighted by Gasteiger charge is 2.32. The van der Waals surface area contributed by atoms with E-state index < -0.39 is 11.9 Å². The van der Waals surface area contributed by atoms with Crippen LogP contribution >= 0.6 is 0 Å². The first-order valence-corrected chi connectivity index (χ1v) is 9.21. The van der Waals surface area contributed by atoms with Gasteiger partial charge in [-0.05, 0) is 48.3 Å². The molecule has 2 aliphatic rings. The first-order chi connectivity index (χ1) is 12.9. The Morgan fingerprint density at radius 2 is 2.07 bits per heavy atom. The van der Waals surface area contributed by atoms with Gasteiger partial charge >= 0.3 is 6.18 Å². The smallest absolute Gasteiger partial charge is 0.292 e. The molecule has 1 aliphatic heterocycles. The summed E-state index contributed by atoms with van der Waals surface area (Å²) >= 11 is 0. The van der Waals surface area contributed by atoms with Crippen LogP contribution in [0.4, 0.5) is 13.2 Å². The van der Waals surface area contributed by atoms with E-state index in [0.29, 0.717) is 18.0 Å². The molecule has 0 fully saturated rings. The Bertz CT molecular complexity index is 796. The third-order valence-corrected chi connectivity index (χ3v) is 4.77. The molecule has 0 amide bonds. The minimum atomic E-state index is -4.42. The van der Waals surface area contributed by atoms with Gasteiger partial charge < -0.3 is 0 Å². The lowest BCUT2D eigenvalue weighted by Gasteiger charge is -2.17. The maximum absolute atomic E-state index is 12.7. The normalized spacial score (nSPS) is 22.8. The summed E-state index contributed by atoms with van der Waals surface area (Å²) < 4.78 is 38.0. The Morgan fingerprint density at radius 3 is 2.81 bits per heavy atom. The first-order valence-electron chi connectivity index (χ1n) is 9.21.